The second-order valence-corrected chi connectivity index (χ2v) is 6.73. The van der Waals surface area contributed by atoms with E-state index in [1.165, 1.54) is 30.4 Å². The maximum absolute atomic E-state index is 9.01. The van der Waals surface area contributed by atoms with Crippen molar-refractivity contribution in [2.24, 2.45) is 10.9 Å². The van der Waals surface area contributed by atoms with Crippen molar-refractivity contribution in [1.29, 1.82) is 5.26 Å². The fourth-order valence-corrected chi connectivity index (χ4v) is 3.46. The van der Waals surface area contributed by atoms with Crippen molar-refractivity contribution >= 4 is 5.71 Å². The van der Waals surface area contributed by atoms with Crippen LogP contribution in [0.2, 0.25) is 0 Å². The summed E-state index contributed by atoms with van der Waals surface area (Å²) in [5, 5.41) is 9.01. The van der Waals surface area contributed by atoms with Gasteiger partial charge in [0.25, 0.3) is 0 Å². The molecule has 0 spiro atoms. The molecule has 2 aromatic carbocycles. The van der Waals surface area contributed by atoms with Gasteiger partial charge in [0.1, 0.15) is 5.75 Å². The molecular formula is C21H20N2O. The Morgan fingerprint density at radius 1 is 1.17 bits per heavy atom. The predicted molar refractivity (Wildman–Crippen MR) is 94.6 cm³/mol. The van der Waals surface area contributed by atoms with Gasteiger partial charge in [-0.2, -0.15) is 5.26 Å². The summed E-state index contributed by atoms with van der Waals surface area (Å²) in [6, 6.07) is 16.5. The third-order valence-electron chi connectivity index (χ3n) is 4.92. The van der Waals surface area contributed by atoms with Gasteiger partial charge in [-0.1, -0.05) is 25.0 Å². The number of hydrogen-bond donors (Lipinski definition) is 0. The molecule has 3 nitrogen and oxygen atoms in total. The Bertz CT molecular complexity index is 826. The summed E-state index contributed by atoms with van der Waals surface area (Å²) in [6.45, 7) is 0. The molecule has 0 aromatic heterocycles. The first kappa shape index (κ1) is 15.0. The van der Waals surface area contributed by atoms with Crippen molar-refractivity contribution in [3.05, 3.63) is 64.7 Å². The van der Waals surface area contributed by atoms with Crippen molar-refractivity contribution in [2.75, 3.05) is 7.11 Å². The number of fused-ring (bicyclic) bond motifs is 1. The lowest BCUT2D eigenvalue weighted by Crippen LogP contribution is -2.22. The third kappa shape index (κ3) is 2.92. The molecule has 1 saturated carbocycles. The average Bonchev–Trinajstić information content (AvgIpc) is 3.44. The Morgan fingerprint density at radius 3 is 2.62 bits per heavy atom. The van der Waals surface area contributed by atoms with Gasteiger partial charge in [-0.05, 0) is 54.7 Å². The second kappa shape index (κ2) is 6.13. The Hall–Kier alpha value is -2.60. The summed E-state index contributed by atoms with van der Waals surface area (Å²) < 4.78 is 5.40. The minimum atomic E-state index is 0.350. The van der Waals surface area contributed by atoms with E-state index in [0.717, 1.165) is 29.4 Å². The van der Waals surface area contributed by atoms with E-state index in [1.54, 1.807) is 7.11 Å². The van der Waals surface area contributed by atoms with E-state index in [0.29, 0.717) is 11.6 Å². The Morgan fingerprint density at radius 2 is 1.96 bits per heavy atom. The Labute approximate surface area is 142 Å². The number of ether oxygens (including phenoxy) is 1. The van der Waals surface area contributed by atoms with Crippen molar-refractivity contribution < 1.29 is 4.74 Å². The van der Waals surface area contributed by atoms with Crippen molar-refractivity contribution in [2.45, 2.75) is 31.7 Å². The maximum Gasteiger partial charge on any atom is 0.119 e. The molecule has 0 unspecified atom stereocenters. The van der Waals surface area contributed by atoms with Gasteiger partial charge in [0, 0.05) is 11.1 Å². The molecule has 0 N–H and O–H groups in total. The Kier molecular flexibility index (Phi) is 3.82. The van der Waals surface area contributed by atoms with Crippen LogP contribution < -0.4 is 4.74 Å². The lowest BCUT2D eigenvalue weighted by molar-refractivity contribution is 0.413. The van der Waals surface area contributed by atoms with Crippen molar-refractivity contribution in [3.63, 3.8) is 0 Å². The lowest BCUT2D eigenvalue weighted by Gasteiger charge is -2.24. The van der Waals surface area contributed by atoms with Crippen LogP contribution in [-0.4, -0.2) is 18.9 Å². The zero-order chi connectivity index (χ0) is 16.5. The van der Waals surface area contributed by atoms with Gasteiger partial charge in [-0.15, -0.1) is 0 Å². The first-order valence-corrected chi connectivity index (χ1v) is 8.52. The fraction of sp³-hybridized carbons (Fsp3) is 0.333. The van der Waals surface area contributed by atoms with Crippen LogP contribution in [0.15, 0.2) is 47.5 Å². The summed E-state index contributed by atoms with van der Waals surface area (Å²) >= 11 is 0. The number of benzene rings is 2. The molecule has 0 radical (unpaired) electrons. The largest absolute Gasteiger partial charge is 0.497 e. The number of rotatable bonds is 4. The van der Waals surface area contributed by atoms with Gasteiger partial charge >= 0.3 is 0 Å². The molecule has 1 fully saturated rings. The van der Waals surface area contributed by atoms with Crippen LogP contribution in [0.25, 0.3) is 0 Å². The van der Waals surface area contributed by atoms with Crippen LogP contribution in [0.5, 0.6) is 5.75 Å². The highest BCUT2D eigenvalue weighted by Gasteiger charge is 2.29. The van der Waals surface area contributed by atoms with Crippen molar-refractivity contribution in [3.8, 4) is 11.8 Å². The monoisotopic (exact) mass is 316 g/mol. The zero-order valence-corrected chi connectivity index (χ0v) is 13.8. The highest BCUT2D eigenvalue weighted by atomic mass is 16.5. The highest BCUT2D eigenvalue weighted by Crippen LogP contribution is 2.37. The normalized spacial score (nSPS) is 19.2. The third-order valence-corrected chi connectivity index (χ3v) is 4.92. The second-order valence-electron chi connectivity index (χ2n) is 6.73. The molecular weight excluding hydrogens is 296 g/mol. The molecule has 0 bridgehead atoms. The van der Waals surface area contributed by atoms with E-state index in [1.807, 2.05) is 30.3 Å². The summed E-state index contributed by atoms with van der Waals surface area (Å²) in [5.74, 6) is 1.76. The fourth-order valence-electron chi connectivity index (χ4n) is 3.46. The van der Waals surface area contributed by atoms with Crippen LogP contribution in [-0.2, 0) is 6.42 Å². The highest BCUT2D eigenvalue weighted by molar-refractivity contribution is 6.14. The molecule has 0 saturated heterocycles. The SMILES string of the molecule is COc1ccc2c(c1)C[C@H](CC1CC1)N=C2c1ccc(C#N)cc1. The molecule has 1 aliphatic carbocycles. The van der Waals surface area contributed by atoms with Gasteiger partial charge in [-0.25, -0.2) is 0 Å². The van der Waals surface area contributed by atoms with Crippen LogP contribution in [0, 0.1) is 17.2 Å². The topological polar surface area (TPSA) is 45.4 Å². The Balaban J connectivity index is 1.75. The van der Waals surface area contributed by atoms with Gasteiger partial charge in [0.2, 0.25) is 0 Å². The average molecular weight is 316 g/mol. The lowest BCUT2D eigenvalue weighted by atomic mass is 9.88. The molecule has 0 amide bonds. The summed E-state index contributed by atoms with van der Waals surface area (Å²) in [7, 11) is 1.71. The minimum absolute atomic E-state index is 0.350. The molecule has 1 atom stereocenters. The van der Waals surface area contributed by atoms with E-state index in [9.17, 15) is 0 Å². The smallest absolute Gasteiger partial charge is 0.119 e. The molecule has 24 heavy (non-hydrogen) atoms. The molecule has 2 aromatic rings. The summed E-state index contributed by atoms with van der Waals surface area (Å²) in [5.41, 5.74) is 5.32. The molecule has 120 valence electrons. The number of nitrogens with zero attached hydrogens (tertiary/aromatic N) is 2. The number of aliphatic imine (C=N–C) groups is 1. The first-order valence-electron chi connectivity index (χ1n) is 8.52. The molecule has 1 aliphatic heterocycles. The van der Waals surface area contributed by atoms with Crippen LogP contribution in [0.3, 0.4) is 0 Å². The standard InChI is InChI=1S/C21H20N2O/c1-24-19-8-9-20-17(12-19)11-18(10-14-2-3-14)23-21(20)16-6-4-15(13-22)5-7-16/h4-9,12,14,18H,2-3,10-11H2,1H3/t18-/m0/s1. The van der Waals surface area contributed by atoms with Gasteiger partial charge in [0.15, 0.2) is 0 Å². The zero-order valence-electron chi connectivity index (χ0n) is 13.8. The van der Waals surface area contributed by atoms with E-state index in [4.69, 9.17) is 15.0 Å². The molecule has 3 heteroatoms. The van der Waals surface area contributed by atoms with Crippen LogP contribution in [0.1, 0.15) is 41.5 Å². The molecule has 4 rings (SSSR count). The van der Waals surface area contributed by atoms with Gasteiger partial charge < -0.3 is 4.74 Å². The maximum atomic E-state index is 9.01. The number of methoxy groups -OCH3 is 1. The van der Waals surface area contributed by atoms with Gasteiger partial charge in [-0.3, -0.25) is 4.99 Å². The van der Waals surface area contributed by atoms with E-state index in [-0.39, 0.29) is 0 Å². The van der Waals surface area contributed by atoms with Crippen LogP contribution in [0.4, 0.5) is 0 Å². The summed E-state index contributed by atoms with van der Waals surface area (Å²) in [6.07, 6.45) is 4.87. The molecule has 1 heterocycles. The number of hydrogen-bond acceptors (Lipinski definition) is 3. The molecule has 2 aliphatic rings. The number of nitriles is 1. The first-order chi connectivity index (χ1) is 11.8. The van der Waals surface area contributed by atoms with Crippen LogP contribution >= 0.6 is 0 Å². The summed E-state index contributed by atoms with van der Waals surface area (Å²) in [4.78, 5) is 5.08. The van der Waals surface area contributed by atoms with E-state index in [2.05, 4.69) is 18.2 Å². The van der Waals surface area contributed by atoms with Crippen molar-refractivity contribution in [1.82, 2.24) is 0 Å². The predicted octanol–water partition coefficient (Wildman–Crippen LogP) is 4.13. The van der Waals surface area contributed by atoms with Gasteiger partial charge in [0.05, 0.1) is 30.5 Å². The van der Waals surface area contributed by atoms with E-state index < -0.39 is 0 Å². The quantitative estimate of drug-likeness (QED) is 0.851. The minimum Gasteiger partial charge on any atom is -0.497 e. The van der Waals surface area contributed by atoms with E-state index >= 15 is 0 Å².